The minimum Gasteiger partial charge on any atom is -0.497 e. The molecule has 0 aliphatic rings. The molecule has 1 atom stereocenters. The number of ether oxygens (including phenoxy) is 1. The summed E-state index contributed by atoms with van der Waals surface area (Å²) in [6.07, 6.45) is 0. The van der Waals surface area contributed by atoms with Crippen LogP contribution < -0.4 is 15.8 Å². The first-order chi connectivity index (χ1) is 8.86. The molecule has 6 heteroatoms. The maximum absolute atomic E-state index is 12.2. The second kappa shape index (κ2) is 6.86. The smallest absolute Gasteiger partial charge is 0.234 e. The van der Waals surface area contributed by atoms with E-state index in [9.17, 15) is 4.79 Å². The van der Waals surface area contributed by atoms with Crippen LogP contribution in [0.1, 0.15) is 13.8 Å². The van der Waals surface area contributed by atoms with Gasteiger partial charge in [0, 0.05) is 10.5 Å². The van der Waals surface area contributed by atoms with Gasteiger partial charge in [0.15, 0.2) is 0 Å². The molecule has 0 bridgehead atoms. The number of carbonyl (C=O) groups excluding carboxylic acids is 1. The minimum atomic E-state index is -0.492. The molecule has 0 saturated heterocycles. The average Bonchev–Trinajstić information content (AvgIpc) is 2.30. The molecule has 3 N–H and O–H groups in total. The number of thiocarbonyl (C=S) groups is 1. The first-order valence-corrected chi connectivity index (χ1v) is 7.00. The van der Waals surface area contributed by atoms with Crippen molar-refractivity contribution in [2.75, 3.05) is 12.4 Å². The van der Waals surface area contributed by atoms with E-state index in [0.717, 1.165) is 4.47 Å². The van der Waals surface area contributed by atoms with E-state index >= 15 is 0 Å². The van der Waals surface area contributed by atoms with Gasteiger partial charge in [0.1, 0.15) is 5.75 Å². The van der Waals surface area contributed by atoms with E-state index in [1.165, 1.54) is 0 Å². The van der Waals surface area contributed by atoms with E-state index in [2.05, 4.69) is 21.2 Å². The molecule has 0 saturated carbocycles. The molecule has 0 heterocycles. The number of hydrogen-bond donors (Lipinski definition) is 2. The van der Waals surface area contributed by atoms with Crippen LogP contribution >= 0.6 is 28.1 Å². The zero-order valence-corrected chi connectivity index (χ0v) is 13.5. The normalized spacial score (nSPS) is 12.1. The summed E-state index contributed by atoms with van der Waals surface area (Å²) in [6, 6.07) is 5.34. The number of anilines is 1. The standard InChI is InChI=1S/C13H17BrN2O2S/c1-7(2)11(12(15)19)13(17)16-10-6-8(18-3)4-5-9(10)14/h4-7,11H,1-3H3,(H2,15,19)(H,16,17). The molecule has 1 amide bonds. The number of benzene rings is 1. The van der Waals surface area contributed by atoms with Gasteiger partial charge in [0.25, 0.3) is 0 Å². The Morgan fingerprint density at radius 2 is 2.11 bits per heavy atom. The Kier molecular flexibility index (Phi) is 5.75. The van der Waals surface area contributed by atoms with Gasteiger partial charge in [0.2, 0.25) is 5.91 Å². The lowest BCUT2D eigenvalue weighted by Crippen LogP contribution is -2.36. The zero-order valence-electron chi connectivity index (χ0n) is 11.1. The van der Waals surface area contributed by atoms with Gasteiger partial charge in [-0.1, -0.05) is 26.1 Å². The predicted molar refractivity (Wildman–Crippen MR) is 84.4 cm³/mol. The van der Waals surface area contributed by atoms with Crippen molar-refractivity contribution in [3.05, 3.63) is 22.7 Å². The summed E-state index contributed by atoms with van der Waals surface area (Å²) >= 11 is 8.32. The van der Waals surface area contributed by atoms with Gasteiger partial charge in [-0.05, 0) is 34.0 Å². The second-order valence-corrected chi connectivity index (χ2v) is 5.78. The molecule has 4 nitrogen and oxygen atoms in total. The summed E-state index contributed by atoms with van der Waals surface area (Å²) in [6.45, 7) is 3.81. The second-order valence-electron chi connectivity index (χ2n) is 4.46. The Morgan fingerprint density at radius 1 is 1.47 bits per heavy atom. The molecule has 1 aromatic carbocycles. The number of amides is 1. The van der Waals surface area contributed by atoms with Crippen LogP contribution in [-0.4, -0.2) is 18.0 Å². The minimum absolute atomic E-state index is 0.0434. The van der Waals surface area contributed by atoms with Crippen molar-refractivity contribution in [2.45, 2.75) is 13.8 Å². The van der Waals surface area contributed by atoms with Crippen LogP contribution in [0.25, 0.3) is 0 Å². The quantitative estimate of drug-likeness (QED) is 0.806. The molecule has 1 rings (SSSR count). The van der Waals surface area contributed by atoms with Gasteiger partial charge in [-0.3, -0.25) is 4.79 Å². The lowest BCUT2D eigenvalue weighted by molar-refractivity contribution is -0.118. The maximum Gasteiger partial charge on any atom is 0.234 e. The Balaban J connectivity index is 2.95. The fourth-order valence-electron chi connectivity index (χ4n) is 1.70. The topological polar surface area (TPSA) is 64.3 Å². The van der Waals surface area contributed by atoms with E-state index in [1.807, 2.05) is 13.8 Å². The van der Waals surface area contributed by atoms with Crippen LogP contribution in [0, 0.1) is 11.8 Å². The van der Waals surface area contributed by atoms with Crippen molar-refractivity contribution in [2.24, 2.45) is 17.6 Å². The first-order valence-electron chi connectivity index (χ1n) is 5.80. The lowest BCUT2D eigenvalue weighted by atomic mass is 9.95. The fraction of sp³-hybridized carbons (Fsp3) is 0.385. The molecule has 19 heavy (non-hydrogen) atoms. The highest BCUT2D eigenvalue weighted by molar-refractivity contribution is 9.10. The van der Waals surface area contributed by atoms with Crippen molar-refractivity contribution >= 4 is 44.7 Å². The summed E-state index contributed by atoms with van der Waals surface area (Å²) in [4.78, 5) is 12.4. The highest BCUT2D eigenvalue weighted by atomic mass is 79.9. The van der Waals surface area contributed by atoms with Crippen LogP contribution in [0.15, 0.2) is 22.7 Å². The fourth-order valence-corrected chi connectivity index (χ4v) is 2.42. The summed E-state index contributed by atoms with van der Waals surface area (Å²) in [5.41, 5.74) is 6.25. The van der Waals surface area contributed by atoms with Crippen molar-refractivity contribution in [1.82, 2.24) is 0 Å². The van der Waals surface area contributed by atoms with Crippen molar-refractivity contribution < 1.29 is 9.53 Å². The van der Waals surface area contributed by atoms with Gasteiger partial charge in [-0.25, -0.2) is 0 Å². The van der Waals surface area contributed by atoms with Crippen LogP contribution in [0.3, 0.4) is 0 Å². The summed E-state index contributed by atoms with van der Waals surface area (Å²) in [5, 5.41) is 2.81. The van der Waals surface area contributed by atoms with E-state index in [1.54, 1.807) is 25.3 Å². The number of carbonyl (C=O) groups is 1. The van der Waals surface area contributed by atoms with Crippen LogP contribution in [-0.2, 0) is 4.79 Å². The molecule has 0 radical (unpaired) electrons. The van der Waals surface area contributed by atoms with Crippen molar-refractivity contribution in [1.29, 1.82) is 0 Å². The van der Waals surface area contributed by atoms with Gasteiger partial charge >= 0.3 is 0 Å². The number of rotatable bonds is 5. The molecule has 104 valence electrons. The van der Waals surface area contributed by atoms with Gasteiger partial charge in [0.05, 0.1) is 23.7 Å². The van der Waals surface area contributed by atoms with Crippen LogP contribution in [0.4, 0.5) is 5.69 Å². The van der Waals surface area contributed by atoms with Crippen LogP contribution in [0.5, 0.6) is 5.75 Å². The van der Waals surface area contributed by atoms with Gasteiger partial charge in [-0.2, -0.15) is 0 Å². The van der Waals surface area contributed by atoms with E-state index in [4.69, 9.17) is 22.7 Å². The lowest BCUT2D eigenvalue weighted by Gasteiger charge is -2.19. The highest BCUT2D eigenvalue weighted by Crippen LogP contribution is 2.28. The third kappa shape index (κ3) is 4.18. The molecule has 0 aliphatic heterocycles. The predicted octanol–water partition coefficient (Wildman–Crippen LogP) is 2.95. The van der Waals surface area contributed by atoms with Crippen molar-refractivity contribution in [3.8, 4) is 5.75 Å². The van der Waals surface area contributed by atoms with E-state index in [-0.39, 0.29) is 16.8 Å². The van der Waals surface area contributed by atoms with Crippen molar-refractivity contribution in [3.63, 3.8) is 0 Å². The van der Waals surface area contributed by atoms with Gasteiger partial charge < -0.3 is 15.8 Å². The molecule has 1 unspecified atom stereocenters. The highest BCUT2D eigenvalue weighted by Gasteiger charge is 2.25. The van der Waals surface area contributed by atoms with E-state index in [0.29, 0.717) is 11.4 Å². The first kappa shape index (κ1) is 15.9. The molecule has 0 spiro atoms. The number of nitrogens with one attached hydrogen (secondary N) is 1. The van der Waals surface area contributed by atoms with Crippen LogP contribution in [0.2, 0.25) is 0 Å². The largest absolute Gasteiger partial charge is 0.497 e. The number of methoxy groups -OCH3 is 1. The molecule has 0 aromatic heterocycles. The maximum atomic E-state index is 12.2. The number of nitrogens with two attached hydrogens (primary N) is 1. The summed E-state index contributed by atoms with van der Waals surface area (Å²) in [7, 11) is 1.57. The monoisotopic (exact) mass is 344 g/mol. The Hall–Kier alpha value is -1.14. The molecular weight excluding hydrogens is 328 g/mol. The Bertz CT molecular complexity index is 492. The Labute approximate surface area is 126 Å². The number of halogens is 1. The van der Waals surface area contributed by atoms with Gasteiger partial charge in [-0.15, -0.1) is 0 Å². The number of hydrogen-bond acceptors (Lipinski definition) is 3. The average molecular weight is 345 g/mol. The third-order valence-corrected chi connectivity index (χ3v) is 3.63. The molecule has 0 fully saturated rings. The third-order valence-electron chi connectivity index (χ3n) is 2.69. The molecule has 0 aliphatic carbocycles. The van der Waals surface area contributed by atoms with E-state index < -0.39 is 5.92 Å². The SMILES string of the molecule is COc1ccc(Br)c(NC(=O)C(C(N)=S)C(C)C)c1. The zero-order chi connectivity index (χ0) is 14.6. The Morgan fingerprint density at radius 3 is 2.58 bits per heavy atom. The summed E-state index contributed by atoms with van der Waals surface area (Å²) in [5.74, 6) is 0.00126. The summed E-state index contributed by atoms with van der Waals surface area (Å²) < 4.78 is 5.89. The molecular formula is C13H17BrN2O2S. The molecule has 1 aromatic rings.